The van der Waals surface area contributed by atoms with Crippen molar-refractivity contribution >= 4 is 34.1 Å². The van der Waals surface area contributed by atoms with Gasteiger partial charge in [0.15, 0.2) is 0 Å². The van der Waals surface area contributed by atoms with Gasteiger partial charge >= 0.3 is 0 Å². The quantitative estimate of drug-likeness (QED) is 0.166. The third-order valence-electron chi connectivity index (χ3n) is 10.1. The zero-order valence-corrected chi connectivity index (χ0v) is 28.7. The maximum atomic E-state index is 2.47. The van der Waals surface area contributed by atoms with E-state index in [-0.39, 0.29) is 0 Å². The van der Waals surface area contributed by atoms with Crippen LogP contribution in [0.1, 0.15) is 70.9 Å². The largest absolute Gasteiger partial charge is 0.310 e. The van der Waals surface area contributed by atoms with Crippen LogP contribution in [-0.2, 0) is 0 Å². The van der Waals surface area contributed by atoms with Gasteiger partial charge in [0.2, 0.25) is 0 Å². The maximum Gasteiger partial charge on any atom is 0.0496 e. The number of rotatable bonds is 8. The van der Waals surface area contributed by atoms with E-state index >= 15 is 0 Å². The molecule has 1 aliphatic rings. The first-order valence-electron chi connectivity index (χ1n) is 17.5. The van der Waals surface area contributed by atoms with Crippen LogP contribution in [0.3, 0.4) is 0 Å². The highest BCUT2D eigenvalue weighted by atomic mass is 15.2. The molecule has 1 saturated carbocycles. The molecule has 0 heterocycles. The molecule has 0 aromatic heterocycles. The van der Waals surface area contributed by atoms with E-state index in [4.69, 9.17) is 0 Å². The summed E-state index contributed by atoms with van der Waals surface area (Å²) in [4.78, 5) is 4.94. The molecular weight excluding hydrogens is 581 g/mol. The van der Waals surface area contributed by atoms with Gasteiger partial charge in [0.05, 0.1) is 0 Å². The van der Waals surface area contributed by atoms with Gasteiger partial charge in [-0.3, -0.25) is 0 Å². The number of anilines is 6. The van der Waals surface area contributed by atoms with E-state index in [1.165, 1.54) is 93.2 Å². The van der Waals surface area contributed by atoms with E-state index in [0.29, 0.717) is 11.8 Å². The van der Waals surface area contributed by atoms with E-state index in [1.807, 2.05) is 0 Å². The minimum atomic E-state index is 0.382. The van der Waals surface area contributed by atoms with Crippen molar-refractivity contribution in [1.29, 1.82) is 0 Å². The second-order valence-corrected chi connectivity index (χ2v) is 13.6. The second kappa shape index (κ2) is 14.0. The van der Waals surface area contributed by atoms with Crippen molar-refractivity contribution in [1.82, 2.24) is 0 Å². The lowest BCUT2D eigenvalue weighted by atomic mass is 9.71. The van der Waals surface area contributed by atoms with Crippen LogP contribution in [0.2, 0.25) is 0 Å². The maximum absolute atomic E-state index is 2.47. The molecule has 0 amide bonds. The molecule has 0 N–H and O–H groups in total. The highest BCUT2D eigenvalue weighted by Gasteiger charge is 2.33. The fourth-order valence-electron chi connectivity index (χ4n) is 7.51. The second-order valence-electron chi connectivity index (χ2n) is 13.6. The first-order chi connectivity index (χ1) is 23.5. The molecule has 2 unspecified atom stereocenters. The molecule has 240 valence electrons. The lowest BCUT2D eigenvalue weighted by Gasteiger charge is -2.38. The number of nitrogens with zero attached hydrogens (tertiary/aromatic N) is 2. The van der Waals surface area contributed by atoms with E-state index < -0.39 is 0 Å². The predicted molar refractivity (Wildman–Crippen MR) is 205 cm³/mol. The molecule has 2 heteroatoms. The van der Waals surface area contributed by atoms with Crippen molar-refractivity contribution in [2.24, 2.45) is 0 Å². The van der Waals surface area contributed by atoms with Crippen LogP contribution in [0.5, 0.6) is 0 Å². The zero-order valence-electron chi connectivity index (χ0n) is 28.7. The molecule has 0 saturated heterocycles. The van der Waals surface area contributed by atoms with Crippen LogP contribution >= 0.6 is 0 Å². The van der Waals surface area contributed by atoms with Crippen molar-refractivity contribution in [2.75, 3.05) is 9.80 Å². The van der Waals surface area contributed by atoms with Gasteiger partial charge in [0.1, 0.15) is 0 Å². The Balaban J connectivity index is 1.37. The third-order valence-corrected chi connectivity index (χ3v) is 10.1. The Morgan fingerprint density at radius 2 is 0.625 bits per heavy atom. The van der Waals surface area contributed by atoms with Crippen LogP contribution in [0.4, 0.5) is 34.1 Å². The minimum absolute atomic E-state index is 0.382. The molecule has 0 radical (unpaired) electrons. The first-order valence-corrected chi connectivity index (χ1v) is 17.5. The Bertz CT molecular complexity index is 1720. The summed E-state index contributed by atoms with van der Waals surface area (Å²) in [5.41, 5.74) is 15.2. The van der Waals surface area contributed by atoms with Gasteiger partial charge in [-0.2, -0.15) is 0 Å². The molecule has 7 rings (SSSR count). The first kappa shape index (κ1) is 31.5. The lowest BCUT2D eigenvalue weighted by Crippen LogP contribution is -2.22. The van der Waals surface area contributed by atoms with Gasteiger partial charge in [-0.05, 0) is 124 Å². The van der Waals surface area contributed by atoms with Gasteiger partial charge < -0.3 is 9.80 Å². The molecule has 0 aliphatic heterocycles. The van der Waals surface area contributed by atoms with Crippen molar-refractivity contribution < 1.29 is 0 Å². The molecule has 0 bridgehead atoms. The van der Waals surface area contributed by atoms with Crippen molar-refractivity contribution in [3.8, 4) is 0 Å². The van der Waals surface area contributed by atoms with Crippen LogP contribution < -0.4 is 9.80 Å². The zero-order chi connectivity index (χ0) is 33.0. The van der Waals surface area contributed by atoms with Crippen LogP contribution in [0.15, 0.2) is 146 Å². The van der Waals surface area contributed by atoms with Gasteiger partial charge in [-0.1, -0.05) is 120 Å². The summed E-state index contributed by atoms with van der Waals surface area (Å²) in [6, 6.07) is 54.3. The molecule has 1 fully saturated rings. The van der Waals surface area contributed by atoms with Crippen LogP contribution in [0, 0.1) is 27.7 Å². The van der Waals surface area contributed by atoms with Gasteiger partial charge in [-0.15, -0.1) is 0 Å². The molecule has 48 heavy (non-hydrogen) atoms. The lowest BCUT2D eigenvalue weighted by molar-refractivity contribution is 0.387. The minimum Gasteiger partial charge on any atom is -0.310 e. The summed E-state index contributed by atoms with van der Waals surface area (Å²) in [5.74, 6) is 0.764. The number of hydrogen-bond donors (Lipinski definition) is 0. The summed E-state index contributed by atoms with van der Waals surface area (Å²) >= 11 is 0. The standard InChI is InChI=1S/C46H46N2/c1-33-17-25-37(26-18-33)47(38-27-19-34(2)20-28-38)45-15-9-7-13-43(45)41-11-5-6-12-42(41)44-14-8-10-16-46(44)48(39-29-21-35(3)22-30-39)40-31-23-36(4)24-32-40/h7-10,13-32,41-42H,5-6,11-12H2,1-4H3. The summed E-state index contributed by atoms with van der Waals surface area (Å²) < 4.78 is 0. The molecule has 6 aromatic carbocycles. The number of aryl methyl sites for hydroxylation is 4. The SMILES string of the molecule is Cc1ccc(N(c2ccc(C)cc2)c2ccccc2C2CCCCC2c2ccccc2N(c2ccc(C)cc2)c2ccc(C)cc2)cc1. The fraction of sp³-hybridized carbons (Fsp3) is 0.217. The molecule has 2 atom stereocenters. The van der Waals surface area contributed by atoms with Gasteiger partial charge in [0.25, 0.3) is 0 Å². The smallest absolute Gasteiger partial charge is 0.0496 e. The van der Waals surface area contributed by atoms with E-state index in [1.54, 1.807) is 0 Å². The van der Waals surface area contributed by atoms with Gasteiger partial charge in [0, 0.05) is 34.1 Å². The van der Waals surface area contributed by atoms with E-state index in [0.717, 1.165) is 0 Å². The molecule has 0 spiro atoms. The Morgan fingerprint density at radius 1 is 0.354 bits per heavy atom. The van der Waals surface area contributed by atoms with Crippen molar-refractivity contribution in [3.63, 3.8) is 0 Å². The topological polar surface area (TPSA) is 6.48 Å². The molecule has 2 nitrogen and oxygen atoms in total. The molecule has 6 aromatic rings. The van der Waals surface area contributed by atoms with Gasteiger partial charge in [-0.25, -0.2) is 0 Å². The summed E-state index contributed by atoms with van der Waals surface area (Å²) in [6.45, 7) is 8.64. The summed E-state index contributed by atoms with van der Waals surface area (Å²) in [7, 11) is 0. The monoisotopic (exact) mass is 626 g/mol. The third kappa shape index (κ3) is 6.53. The normalized spacial score (nSPS) is 16.0. The van der Waals surface area contributed by atoms with Crippen LogP contribution in [0.25, 0.3) is 0 Å². The van der Waals surface area contributed by atoms with E-state index in [9.17, 15) is 0 Å². The number of para-hydroxylation sites is 2. The highest BCUT2D eigenvalue weighted by molar-refractivity contribution is 5.81. The van der Waals surface area contributed by atoms with Crippen molar-refractivity contribution in [2.45, 2.75) is 65.2 Å². The van der Waals surface area contributed by atoms with E-state index in [2.05, 4.69) is 183 Å². The Morgan fingerprint density at radius 3 is 0.917 bits per heavy atom. The molecular formula is C46H46N2. The highest BCUT2D eigenvalue weighted by Crippen LogP contribution is 2.52. The summed E-state index contributed by atoms with van der Waals surface area (Å²) in [6.07, 6.45) is 4.82. The van der Waals surface area contributed by atoms with Crippen LogP contribution in [-0.4, -0.2) is 0 Å². The predicted octanol–water partition coefficient (Wildman–Crippen LogP) is 13.3. The van der Waals surface area contributed by atoms with Crippen molar-refractivity contribution in [3.05, 3.63) is 179 Å². The number of benzene rings is 6. The Hall–Kier alpha value is -5.08. The Kier molecular flexibility index (Phi) is 9.16. The number of hydrogen-bond acceptors (Lipinski definition) is 2. The molecule has 1 aliphatic carbocycles. The fourth-order valence-corrected chi connectivity index (χ4v) is 7.51. The average molecular weight is 627 g/mol. The Labute approximate surface area is 287 Å². The summed E-state index contributed by atoms with van der Waals surface area (Å²) in [5, 5.41) is 0. The average Bonchev–Trinajstić information content (AvgIpc) is 3.12.